The Balaban J connectivity index is 1.97. The van der Waals surface area contributed by atoms with E-state index in [1.165, 1.54) is 17.7 Å². The number of likely N-dealkylation sites (tertiary alicyclic amines) is 1. The summed E-state index contributed by atoms with van der Waals surface area (Å²) in [5, 5.41) is 21.6. The lowest BCUT2D eigenvalue weighted by Gasteiger charge is -2.31. The number of carbonyl (C=O) groups excluding carboxylic acids is 1. The molecule has 2 fully saturated rings. The summed E-state index contributed by atoms with van der Waals surface area (Å²) in [7, 11) is 0. The molecule has 1 amide bonds. The molecular formula is C15H22N4O. The molecule has 1 saturated heterocycles. The first-order chi connectivity index (χ1) is 9.65. The predicted molar refractivity (Wildman–Crippen MR) is 74.4 cm³/mol. The molecule has 0 spiro atoms. The number of hydrogen-bond donors (Lipinski definition) is 1. The highest BCUT2D eigenvalue weighted by Crippen LogP contribution is 2.32. The molecule has 0 aromatic heterocycles. The van der Waals surface area contributed by atoms with Crippen LogP contribution in [0.15, 0.2) is 0 Å². The Bertz CT molecular complexity index is 420. The van der Waals surface area contributed by atoms with Gasteiger partial charge in [0.2, 0.25) is 5.91 Å². The van der Waals surface area contributed by atoms with Crippen LogP contribution in [0.3, 0.4) is 0 Å². The molecule has 1 aliphatic heterocycles. The van der Waals surface area contributed by atoms with Crippen molar-refractivity contribution in [1.29, 1.82) is 10.5 Å². The Labute approximate surface area is 120 Å². The maximum absolute atomic E-state index is 12.4. The fourth-order valence-electron chi connectivity index (χ4n) is 3.47. The van der Waals surface area contributed by atoms with Gasteiger partial charge in [-0.3, -0.25) is 4.79 Å². The zero-order valence-electron chi connectivity index (χ0n) is 12.1. The molecule has 0 aromatic rings. The summed E-state index contributed by atoms with van der Waals surface area (Å²) in [6.45, 7) is 2.39. The number of hydrogen-bond acceptors (Lipinski definition) is 4. The van der Waals surface area contributed by atoms with Crippen LogP contribution < -0.4 is 5.32 Å². The first-order valence-corrected chi connectivity index (χ1v) is 7.51. The van der Waals surface area contributed by atoms with Crippen LogP contribution in [0.2, 0.25) is 0 Å². The van der Waals surface area contributed by atoms with Crippen LogP contribution in [0.1, 0.15) is 51.9 Å². The van der Waals surface area contributed by atoms with Crippen molar-refractivity contribution in [3.63, 3.8) is 0 Å². The lowest BCUT2D eigenvalue weighted by atomic mass is 9.94. The maximum Gasteiger partial charge on any atom is 0.238 e. The molecule has 2 atom stereocenters. The Morgan fingerprint density at radius 2 is 1.80 bits per heavy atom. The van der Waals surface area contributed by atoms with Crippen molar-refractivity contribution in [2.75, 3.05) is 6.54 Å². The van der Waals surface area contributed by atoms with Crippen molar-refractivity contribution in [3.05, 3.63) is 0 Å². The van der Waals surface area contributed by atoms with Gasteiger partial charge in [-0.25, -0.2) is 0 Å². The van der Waals surface area contributed by atoms with Crippen LogP contribution in [0.25, 0.3) is 0 Å². The molecule has 1 saturated carbocycles. The van der Waals surface area contributed by atoms with E-state index in [2.05, 4.69) is 24.4 Å². The van der Waals surface area contributed by atoms with Crippen molar-refractivity contribution in [1.82, 2.24) is 10.2 Å². The number of nitrogens with one attached hydrogen (secondary N) is 1. The van der Waals surface area contributed by atoms with E-state index in [0.717, 1.165) is 19.3 Å². The Morgan fingerprint density at radius 1 is 1.25 bits per heavy atom. The molecule has 0 bridgehead atoms. The fourth-order valence-corrected chi connectivity index (χ4v) is 3.47. The quantitative estimate of drug-likeness (QED) is 0.846. The molecule has 1 N–H and O–H groups in total. The molecule has 0 unspecified atom stereocenters. The third kappa shape index (κ3) is 2.78. The van der Waals surface area contributed by atoms with Crippen molar-refractivity contribution in [2.24, 2.45) is 0 Å². The normalized spacial score (nSPS) is 28.1. The van der Waals surface area contributed by atoms with Gasteiger partial charge in [-0.15, -0.1) is 0 Å². The van der Waals surface area contributed by atoms with Crippen LogP contribution in [0, 0.1) is 22.7 Å². The molecule has 5 heteroatoms. The van der Waals surface area contributed by atoms with E-state index >= 15 is 0 Å². The summed E-state index contributed by atoms with van der Waals surface area (Å²) >= 11 is 0. The minimum Gasteiger partial charge on any atom is -0.310 e. The largest absolute Gasteiger partial charge is 0.310 e. The van der Waals surface area contributed by atoms with Gasteiger partial charge in [-0.1, -0.05) is 19.8 Å². The second-order valence-corrected chi connectivity index (χ2v) is 5.86. The highest BCUT2D eigenvalue weighted by atomic mass is 16.2. The van der Waals surface area contributed by atoms with E-state index in [1.54, 1.807) is 0 Å². The second kappa shape index (κ2) is 6.24. The second-order valence-electron chi connectivity index (χ2n) is 5.86. The van der Waals surface area contributed by atoms with Crippen molar-refractivity contribution in [3.8, 4) is 12.1 Å². The highest BCUT2D eigenvalue weighted by molar-refractivity contribution is 5.80. The molecular weight excluding hydrogens is 252 g/mol. The van der Waals surface area contributed by atoms with Gasteiger partial charge >= 0.3 is 0 Å². The average Bonchev–Trinajstić information content (AvgIpc) is 3.11. The van der Waals surface area contributed by atoms with Crippen molar-refractivity contribution >= 4 is 5.91 Å². The molecule has 5 nitrogen and oxygen atoms in total. The minimum absolute atomic E-state index is 0.0830. The lowest BCUT2D eigenvalue weighted by Crippen LogP contribution is -2.50. The zero-order chi connectivity index (χ0) is 14.6. The number of nitriles is 2. The molecule has 1 aliphatic carbocycles. The zero-order valence-corrected chi connectivity index (χ0v) is 12.1. The molecule has 0 radical (unpaired) electrons. The summed E-state index contributed by atoms with van der Waals surface area (Å²) in [5.74, 6) is -0.111. The van der Waals surface area contributed by atoms with Crippen LogP contribution >= 0.6 is 0 Å². The van der Waals surface area contributed by atoms with E-state index in [0.29, 0.717) is 12.8 Å². The Kier molecular flexibility index (Phi) is 4.62. The molecule has 108 valence electrons. The van der Waals surface area contributed by atoms with E-state index < -0.39 is 12.1 Å². The first kappa shape index (κ1) is 14.8. The maximum atomic E-state index is 12.4. The smallest absolute Gasteiger partial charge is 0.238 e. The molecule has 0 aromatic carbocycles. The molecule has 1 heterocycles. The van der Waals surface area contributed by atoms with Gasteiger partial charge in [-0.2, -0.15) is 10.5 Å². The first-order valence-electron chi connectivity index (χ1n) is 7.51. The van der Waals surface area contributed by atoms with E-state index in [9.17, 15) is 4.79 Å². The summed E-state index contributed by atoms with van der Waals surface area (Å²) in [4.78, 5) is 13.8. The topological polar surface area (TPSA) is 79.9 Å². The summed E-state index contributed by atoms with van der Waals surface area (Å²) < 4.78 is 0. The highest BCUT2D eigenvalue weighted by Gasteiger charge is 2.38. The van der Waals surface area contributed by atoms with Crippen LogP contribution in [-0.4, -0.2) is 35.0 Å². The number of nitrogens with zero attached hydrogens (tertiary/aromatic N) is 3. The van der Waals surface area contributed by atoms with Gasteiger partial charge in [0.05, 0.1) is 18.7 Å². The summed E-state index contributed by atoms with van der Waals surface area (Å²) in [6.07, 6.45) is 6.88. The monoisotopic (exact) mass is 274 g/mol. The molecule has 2 rings (SSSR count). The predicted octanol–water partition coefficient (Wildman–Crippen LogP) is 1.71. The average molecular weight is 274 g/mol. The van der Waals surface area contributed by atoms with Gasteiger partial charge in [0.25, 0.3) is 0 Å². The molecule has 2 aliphatic rings. The Morgan fingerprint density at radius 3 is 2.25 bits per heavy atom. The standard InChI is InChI=1S/C15H22N4O/c1-2-15(7-3-4-8-15)18-11-14(20)19-12(9-16)5-6-13(19)10-17/h12-13,18H,2-8,11H2,1H3/t12-,13+. The van der Waals surface area contributed by atoms with Gasteiger partial charge in [-0.05, 0) is 32.1 Å². The Hall–Kier alpha value is -1.59. The number of carbonyl (C=O) groups is 1. The van der Waals surface area contributed by atoms with Gasteiger partial charge in [0.15, 0.2) is 0 Å². The van der Waals surface area contributed by atoms with E-state index in [-0.39, 0.29) is 18.0 Å². The van der Waals surface area contributed by atoms with Gasteiger partial charge in [0.1, 0.15) is 12.1 Å². The van der Waals surface area contributed by atoms with E-state index in [1.807, 2.05) is 0 Å². The van der Waals surface area contributed by atoms with Crippen LogP contribution in [-0.2, 0) is 4.79 Å². The third-order valence-corrected chi connectivity index (χ3v) is 4.82. The number of amides is 1. The van der Waals surface area contributed by atoms with Crippen molar-refractivity contribution < 1.29 is 4.79 Å². The van der Waals surface area contributed by atoms with Gasteiger partial charge in [0, 0.05) is 5.54 Å². The number of rotatable bonds is 4. The van der Waals surface area contributed by atoms with E-state index in [4.69, 9.17) is 10.5 Å². The van der Waals surface area contributed by atoms with Crippen LogP contribution in [0.4, 0.5) is 0 Å². The van der Waals surface area contributed by atoms with Crippen LogP contribution in [0.5, 0.6) is 0 Å². The van der Waals surface area contributed by atoms with Crippen molar-refractivity contribution in [2.45, 2.75) is 69.5 Å². The van der Waals surface area contributed by atoms with Gasteiger partial charge < -0.3 is 10.2 Å². The third-order valence-electron chi connectivity index (χ3n) is 4.82. The lowest BCUT2D eigenvalue weighted by molar-refractivity contribution is -0.131. The summed E-state index contributed by atoms with van der Waals surface area (Å²) in [6, 6.07) is 3.40. The fraction of sp³-hybridized carbons (Fsp3) is 0.800. The SMILES string of the molecule is CCC1(NCC(=O)N2[C@H](C#N)CC[C@@H]2C#N)CCCC1. The minimum atomic E-state index is -0.435. The summed E-state index contributed by atoms with van der Waals surface area (Å²) in [5.41, 5.74) is 0.0830. The molecule has 20 heavy (non-hydrogen) atoms.